The predicted molar refractivity (Wildman–Crippen MR) is 153 cm³/mol. The summed E-state index contributed by atoms with van der Waals surface area (Å²) in [6, 6.07) is 3.74. The molecule has 4 heterocycles. The van der Waals surface area contributed by atoms with Gasteiger partial charge < -0.3 is 20.1 Å². The number of hydrogen-bond acceptors (Lipinski definition) is 12. The van der Waals surface area contributed by atoms with Gasteiger partial charge in [-0.25, -0.2) is 14.8 Å². The molecule has 1 atom stereocenters. The number of likely N-dealkylation sites (tertiary alicyclic amines) is 1. The number of rotatable bonds is 7. The molecule has 218 valence electrons. The van der Waals surface area contributed by atoms with E-state index in [1.54, 1.807) is 17.0 Å². The SMILES string of the molecule is C[C@H]1CCCCN1Cc1c(C(=O)N/N=C/c2cc(Br)c(OC(=O)N3CCOCC3)c(Br)c2)nnn1-c1nonc1N. The highest BCUT2D eigenvalue weighted by molar-refractivity contribution is 9.11. The molecule has 3 aromatic rings. The molecule has 41 heavy (non-hydrogen) atoms. The number of carbonyl (C=O) groups is 2. The molecule has 0 spiro atoms. The lowest BCUT2D eigenvalue weighted by Gasteiger charge is -2.33. The van der Waals surface area contributed by atoms with Gasteiger partial charge in [0, 0.05) is 25.7 Å². The summed E-state index contributed by atoms with van der Waals surface area (Å²) < 4.78 is 18.0. The van der Waals surface area contributed by atoms with E-state index in [0.717, 1.165) is 25.8 Å². The van der Waals surface area contributed by atoms with E-state index in [1.807, 2.05) is 0 Å². The number of aromatic nitrogens is 5. The Bertz CT molecular complexity index is 1410. The van der Waals surface area contributed by atoms with Crippen molar-refractivity contribution in [3.05, 3.63) is 38.0 Å². The molecule has 2 amide bonds. The van der Waals surface area contributed by atoms with E-state index in [2.05, 4.69) is 74.8 Å². The van der Waals surface area contributed by atoms with Crippen LogP contribution >= 0.6 is 31.9 Å². The van der Waals surface area contributed by atoms with Crippen molar-refractivity contribution < 1.29 is 23.7 Å². The molecular weight excluding hydrogens is 668 g/mol. The molecule has 1 aromatic carbocycles. The number of amides is 2. The molecule has 2 aliphatic rings. The molecule has 0 bridgehead atoms. The third-order valence-corrected chi connectivity index (χ3v) is 8.00. The fraction of sp³-hybridized carbons (Fsp3) is 0.458. The van der Waals surface area contributed by atoms with Gasteiger partial charge in [-0.1, -0.05) is 11.6 Å². The Morgan fingerprint density at radius 2 is 1.95 bits per heavy atom. The molecule has 2 saturated heterocycles. The van der Waals surface area contributed by atoms with Gasteiger partial charge in [0.25, 0.3) is 5.91 Å². The molecular formula is C24H28Br2N10O5. The number of nitrogen functional groups attached to an aromatic ring is 1. The number of benzene rings is 1. The number of nitrogens with zero attached hydrogens (tertiary/aromatic N) is 8. The van der Waals surface area contributed by atoms with Gasteiger partial charge in [0.15, 0.2) is 11.4 Å². The number of ether oxygens (including phenoxy) is 2. The molecule has 0 saturated carbocycles. The van der Waals surface area contributed by atoms with Crippen molar-refractivity contribution in [3.8, 4) is 11.6 Å². The molecule has 15 nitrogen and oxygen atoms in total. The normalized spacial score (nSPS) is 18.1. The molecule has 0 unspecified atom stereocenters. The lowest BCUT2D eigenvalue weighted by molar-refractivity contribution is 0.0414. The van der Waals surface area contributed by atoms with Gasteiger partial charge in [-0.2, -0.15) is 9.78 Å². The average Bonchev–Trinajstić information content (AvgIpc) is 3.57. The molecule has 3 N–H and O–H groups in total. The molecule has 5 rings (SSSR count). The zero-order chi connectivity index (χ0) is 28.9. The fourth-order valence-corrected chi connectivity index (χ4v) is 5.96. The number of morpholine rings is 1. The number of anilines is 1. The number of piperidine rings is 1. The van der Waals surface area contributed by atoms with Gasteiger partial charge in [0.05, 0.1) is 34.1 Å². The minimum atomic E-state index is -0.559. The Morgan fingerprint density at radius 1 is 1.20 bits per heavy atom. The maximum Gasteiger partial charge on any atom is 0.415 e. The highest BCUT2D eigenvalue weighted by Crippen LogP contribution is 2.35. The number of carbonyl (C=O) groups excluding carboxylic acids is 2. The van der Waals surface area contributed by atoms with Crippen molar-refractivity contribution >= 4 is 55.9 Å². The molecule has 2 aliphatic heterocycles. The van der Waals surface area contributed by atoms with E-state index in [4.69, 9.17) is 19.8 Å². The smallest absolute Gasteiger partial charge is 0.408 e. The number of hydrogen-bond donors (Lipinski definition) is 2. The first kappa shape index (κ1) is 29.1. The highest BCUT2D eigenvalue weighted by atomic mass is 79.9. The number of hydrazone groups is 1. The van der Waals surface area contributed by atoms with E-state index in [0.29, 0.717) is 64.8 Å². The fourth-order valence-electron chi connectivity index (χ4n) is 4.58. The Labute approximate surface area is 251 Å². The van der Waals surface area contributed by atoms with Gasteiger partial charge in [0.2, 0.25) is 11.6 Å². The summed E-state index contributed by atoms with van der Waals surface area (Å²) >= 11 is 6.89. The molecule has 17 heteroatoms. The maximum atomic E-state index is 13.2. The van der Waals surface area contributed by atoms with Gasteiger partial charge in [-0.3, -0.25) is 9.69 Å². The second kappa shape index (κ2) is 13.1. The van der Waals surface area contributed by atoms with Crippen LogP contribution in [0.1, 0.15) is 47.9 Å². The van der Waals surface area contributed by atoms with Crippen molar-refractivity contribution in [3.63, 3.8) is 0 Å². The third-order valence-electron chi connectivity index (χ3n) is 6.83. The third kappa shape index (κ3) is 6.74. The van der Waals surface area contributed by atoms with Crippen LogP contribution in [-0.4, -0.2) is 92.2 Å². The zero-order valence-corrected chi connectivity index (χ0v) is 25.3. The lowest BCUT2D eigenvalue weighted by atomic mass is 10.0. The van der Waals surface area contributed by atoms with Crippen LogP contribution in [0.3, 0.4) is 0 Å². The largest absolute Gasteiger partial charge is 0.415 e. The van der Waals surface area contributed by atoms with Gasteiger partial charge in [-0.05, 0) is 86.2 Å². The second-order valence-electron chi connectivity index (χ2n) is 9.57. The van der Waals surface area contributed by atoms with Crippen molar-refractivity contribution in [1.82, 2.24) is 40.5 Å². The van der Waals surface area contributed by atoms with Crippen LogP contribution < -0.4 is 15.9 Å². The van der Waals surface area contributed by atoms with Crippen molar-refractivity contribution in [1.29, 1.82) is 0 Å². The minimum absolute atomic E-state index is 0.0306. The zero-order valence-electron chi connectivity index (χ0n) is 22.1. The summed E-state index contributed by atoms with van der Waals surface area (Å²) in [6.07, 6.45) is 4.26. The monoisotopic (exact) mass is 694 g/mol. The molecule has 2 fully saturated rings. The topological polar surface area (TPSA) is 179 Å². The number of nitrogens with two attached hydrogens (primary N) is 1. The van der Waals surface area contributed by atoms with Gasteiger partial charge in [0.1, 0.15) is 0 Å². The van der Waals surface area contributed by atoms with Gasteiger partial charge >= 0.3 is 6.09 Å². The Kier molecular flexibility index (Phi) is 9.26. The van der Waals surface area contributed by atoms with Crippen molar-refractivity contribution in [2.24, 2.45) is 5.10 Å². The Morgan fingerprint density at radius 3 is 2.63 bits per heavy atom. The summed E-state index contributed by atoms with van der Waals surface area (Å²) in [4.78, 5) is 29.5. The molecule has 2 aromatic heterocycles. The molecule has 0 aliphatic carbocycles. The first-order chi connectivity index (χ1) is 19.8. The summed E-state index contributed by atoms with van der Waals surface area (Å²) in [5.74, 6) is -0.0410. The predicted octanol–water partition coefficient (Wildman–Crippen LogP) is 2.73. The van der Waals surface area contributed by atoms with E-state index in [9.17, 15) is 9.59 Å². The lowest BCUT2D eigenvalue weighted by Crippen LogP contribution is -2.42. The van der Waals surface area contributed by atoms with E-state index in [1.165, 1.54) is 10.9 Å². The maximum absolute atomic E-state index is 13.2. The Hall–Kier alpha value is -3.41. The number of nitrogens with one attached hydrogen (secondary N) is 1. The quantitative estimate of drug-likeness (QED) is 0.274. The first-order valence-electron chi connectivity index (χ1n) is 13.0. The summed E-state index contributed by atoms with van der Waals surface area (Å²) in [5.41, 5.74) is 9.60. The van der Waals surface area contributed by atoms with Crippen molar-refractivity contribution in [2.45, 2.75) is 38.8 Å². The van der Waals surface area contributed by atoms with Crippen LogP contribution in [0, 0.1) is 0 Å². The van der Waals surface area contributed by atoms with Crippen molar-refractivity contribution in [2.75, 3.05) is 38.6 Å². The highest BCUT2D eigenvalue weighted by Gasteiger charge is 2.28. The van der Waals surface area contributed by atoms with E-state index < -0.39 is 12.0 Å². The van der Waals surface area contributed by atoms with Crippen LogP contribution in [-0.2, 0) is 11.3 Å². The van der Waals surface area contributed by atoms with Crippen LogP contribution in [0.15, 0.2) is 30.8 Å². The van der Waals surface area contributed by atoms with Crippen LogP contribution in [0.4, 0.5) is 10.6 Å². The first-order valence-corrected chi connectivity index (χ1v) is 14.5. The summed E-state index contributed by atoms with van der Waals surface area (Å²) in [5, 5.41) is 19.7. The van der Waals surface area contributed by atoms with Gasteiger partial charge in [-0.15, -0.1) is 5.10 Å². The number of halogens is 2. The molecule has 0 radical (unpaired) electrons. The average molecular weight is 696 g/mol. The van der Waals surface area contributed by atoms with E-state index in [-0.39, 0.29) is 17.3 Å². The van der Waals surface area contributed by atoms with Crippen LogP contribution in [0.25, 0.3) is 5.82 Å². The second-order valence-corrected chi connectivity index (χ2v) is 11.3. The Balaban J connectivity index is 1.30. The summed E-state index contributed by atoms with van der Waals surface area (Å²) in [7, 11) is 0. The summed E-state index contributed by atoms with van der Waals surface area (Å²) in [6.45, 7) is 5.30. The van der Waals surface area contributed by atoms with Crippen LogP contribution in [0.2, 0.25) is 0 Å². The minimum Gasteiger partial charge on any atom is -0.408 e. The standard InChI is InChI=1S/C24H28Br2N10O5/c1-14-4-2-3-5-35(14)13-18-19(29-33-36(18)22-21(27)31-41-32-22)23(37)30-28-12-15-10-16(25)20(17(26)11-15)40-24(38)34-6-8-39-9-7-34/h10-12,14H,2-9,13H2,1H3,(H2,27,31)(H,30,37)/b28-12+/t14-/m0/s1. The van der Waals surface area contributed by atoms with E-state index >= 15 is 0 Å². The van der Waals surface area contributed by atoms with Crippen LogP contribution in [0.5, 0.6) is 5.75 Å².